The summed E-state index contributed by atoms with van der Waals surface area (Å²) in [5.41, 5.74) is 9.63. The van der Waals surface area contributed by atoms with Crippen molar-refractivity contribution in [1.82, 2.24) is 20.0 Å². The summed E-state index contributed by atoms with van der Waals surface area (Å²) in [6.07, 6.45) is 1.63. The molecule has 0 aliphatic rings. The van der Waals surface area contributed by atoms with Crippen LogP contribution >= 0.6 is 0 Å². The second-order valence-electron chi connectivity index (χ2n) is 7.55. The Kier molecular flexibility index (Phi) is 5.53. The van der Waals surface area contributed by atoms with Crippen LogP contribution in [0.15, 0.2) is 53.6 Å². The maximum absolute atomic E-state index is 13.0. The van der Waals surface area contributed by atoms with Crippen molar-refractivity contribution >= 4 is 40.1 Å². The summed E-state index contributed by atoms with van der Waals surface area (Å²) in [4.78, 5) is 22.3. The van der Waals surface area contributed by atoms with Crippen molar-refractivity contribution in [3.8, 4) is 5.75 Å². The molecule has 1 amide bonds. The molecule has 0 spiro atoms. The van der Waals surface area contributed by atoms with Gasteiger partial charge < -0.3 is 15.8 Å². The molecule has 0 fully saturated rings. The molecule has 4 rings (SSSR count). The SMILES string of the molecule is COc1ccccc1/C=N/n1c(N)c(C(=O)NCC(C)C)c2nc3ccccc3nc21. The van der Waals surface area contributed by atoms with E-state index in [1.165, 1.54) is 4.68 Å². The largest absolute Gasteiger partial charge is 0.496 e. The molecule has 8 nitrogen and oxygen atoms in total. The van der Waals surface area contributed by atoms with Gasteiger partial charge in [-0.3, -0.25) is 4.79 Å². The number of carbonyl (C=O) groups excluding carboxylic acids is 1. The maximum Gasteiger partial charge on any atom is 0.257 e. The van der Waals surface area contributed by atoms with Gasteiger partial charge in [-0.05, 0) is 30.2 Å². The normalized spacial score (nSPS) is 11.6. The first kappa shape index (κ1) is 20.3. The van der Waals surface area contributed by atoms with Gasteiger partial charge in [0, 0.05) is 12.1 Å². The van der Waals surface area contributed by atoms with Crippen LogP contribution in [-0.2, 0) is 0 Å². The Morgan fingerprint density at radius 3 is 2.55 bits per heavy atom. The Morgan fingerprint density at radius 2 is 1.84 bits per heavy atom. The van der Waals surface area contributed by atoms with Crippen LogP contribution in [0.3, 0.4) is 0 Å². The van der Waals surface area contributed by atoms with Crippen LogP contribution in [0.5, 0.6) is 5.75 Å². The average Bonchev–Trinajstić information content (AvgIpc) is 3.04. The molecule has 8 heteroatoms. The van der Waals surface area contributed by atoms with Gasteiger partial charge in [-0.2, -0.15) is 9.78 Å². The van der Waals surface area contributed by atoms with Crippen LogP contribution < -0.4 is 15.8 Å². The van der Waals surface area contributed by atoms with E-state index in [-0.39, 0.29) is 17.3 Å². The Balaban J connectivity index is 1.89. The predicted octanol–water partition coefficient (Wildman–Crippen LogP) is 3.44. The van der Waals surface area contributed by atoms with Gasteiger partial charge in [0.15, 0.2) is 5.65 Å². The molecular weight excluding hydrogens is 392 g/mol. The van der Waals surface area contributed by atoms with Crippen molar-refractivity contribution in [2.45, 2.75) is 13.8 Å². The zero-order valence-electron chi connectivity index (χ0n) is 17.7. The van der Waals surface area contributed by atoms with Crippen LogP contribution in [-0.4, -0.2) is 40.4 Å². The number of methoxy groups -OCH3 is 1. The topological polar surface area (TPSA) is 107 Å². The number of nitrogens with one attached hydrogen (secondary N) is 1. The van der Waals surface area contributed by atoms with E-state index >= 15 is 0 Å². The van der Waals surface area contributed by atoms with E-state index in [2.05, 4.69) is 20.4 Å². The molecule has 0 unspecified atom stereocenters. The third kappa shape index (κ3) is 3.92. The first-order chi connectivity index (χ1) is 15.0. The summed E-state index contributed by atoms with van der Waals surface area (Å²) in [5, 5.41) is 7.43. The van der Waals surface area contributed by atoms with Gasteiger partial charge in [0.1, 0.15) is 22.6 Å². The maximum atomic E-state index is 13.0. The van der Waals surface area contributed by atoms with E-state index in [9.17, 15) is 4.79 Å². The fourth-order valence-corrected chi connectivity index (χ4v) is 3.27. The lowest BCUT2D eigenvalue weighted by molar-refractivity contribution is 0.0951. The summed E-state index contributed by atoms with van der Waals surface area (Å²) in [6.45, 7) is 4.58. The summed E-state index contributed by atoms with van der Waals surface area (Å²) >= 11 is 0. The highest BCUT2D eigenvalue weighted by atomic mass is 16.5. The number of nitrogen functional groups attached to an aromatic ring is 1. The number of benzene rings is 2. The highest BCUT2D eigenvalue weighted by molar-refractivity contribution is 6.10. The first-order valence-corrected chi connectivity index (χ1v) is 10.0. The second kappa shape index (κ2) is 8.43. The number of hydrogen-bond acceptors (Lipinski definition) is 6. The number of ether oxygens (including phenoxy) is 1. The molecule has 2 aromatic carbocycles. The number of amides is 1. The predicted molar refractivity (Wildman–Crippen MR) is 123 cm³/mol. The molecule has 31 heavy (non-hydrogen) atoms. The molecular formula is C23H24N6O2. The van der Waals surface area contributed by atoms with Gasteiger partial charge >= 0.3 is 0 Å². The highest BCUT2D eigenvalue weighted by Crippen LogP contribution is 2.28. The van der Waals surface area contributed by atoms with Crippen LogP contribution in [0.4, 0.5) is 5.82 Å². The monoisotopic (exact) mass is 416 g/mol. The lowest BCUT2D eigenvalue weighted by Crippen LogP contribution is -2.28. The molecule has 4 aromatic rings. The van der Waals surface area contributed by atoms with E-state index in [1.807, 2.05) is 62.4 Å². The molecule has 158 valence electrons. The van der Waals surface area contributed by atoms with Gasteiger partial charge in [-0.1, -0.05) is 38.1 Å². The smallest absolute Gasteiger partial charge is 0.257 e. The number of carbonyl (C=O) groups is 1. The third-order valence-corrected chi connectivity index (χ3v) is 4.82. The van der Waals surface area contributed by atoms with Crippen LogP contribution in [0, 0.1) is 5.92 Å². The number of nitrogens with zero attached hydrogens (tertiary/aromatic N) is 4. The molecule has 3 N–H and O–H groups in total. The molecule has 0 radical (unpaired) electrons. The minimum Gasteiger partial charge on any atom is -0.496 e. The fraction of sp³-hybridized carbons (Fsp3) is 0.217. The Morgan fingerprint density at radius 1 is 1.16 bits per heavy atom. The van der Waals surface area contributed by atoms with Gasteiger partial charge in [-0.15, -0.1) is 0 Å². The zero-order valence-corrected chi connectivity index (χ0v) is 17.7. The van der Waals surface area contributed by atoms with Crippen LogP contribution in [0.25, 0.3) is 22.2 Å². The number of rotatable bonds is 6. The second-order valence-corrected chi connectivity index (χ2v) is 7.55. The van der Waals surface area contributed by atoms with E-state index in [1.54, 1.807) is 13.3 Å². The average molecular weight is 416 g/mol. The van der Waals surface area contributed by atoms with Crippen molar-refractivity contribution in [2.75, 3.05) is 19.4 Å². The van der Waals surface area contributed by atoms with Gasteiger partial charge in [0.25, 0.3) is 5.91 Å². The van der Waals surface area contributed by atoms with Gasteiger partial charge in [0.05, 0.1) is 24.4 Å². The minimum atomic E-state index is -0.299. The zero-order chi connectivity index (χ0) is 22.0. The van der Waals surface area contributed by atoms with E-state index in [4.69, 9.17) is 10.5 Å². The Bertz CT molecular complexity index is 1290. The molecule has 0 aliphatic heterocycles. The molecule has 2 aromatic heterocycles. The summed E-state index contributed by atoms with van der Waals surface area (Å²) in [5.74, 6) is 0.853. The lowest BCUT2D eigenvalue weighted by atomic mass is 10.2. The number of para-hydroxylation sites is 3. The molecule has 2 heterocycles. The van der Waals surface area contributed by atoms with Gasteiger partial charge in [0.2, 0.25) is 0 Å². The van der Waals surface area contributed by atoms with Crippen molar-refractivity contribution in [3.05, 3.63) is 59.7 Å². The number of anilines is 1. The van der Waals surface area contributed by atoms with Crippen molar-refractivity contribution in [2.24, 2.45) is 11.0 Å². The van der Waals surface area contributed by atoms with Crippen LogP contribution in [0.2, 0.25) is 0 Å². The molecule has 0 saturated heterocycles. The number of aromatic nitrogens is 3. The quantitative estimate of drug-likeness (QED) is 0.468. The summed E-state index contributed by atoms with van der Waals surface area (Å²) < 4.78 is 6.83. The standard InChI is InChI=1S/C23H24N6O2/c1-14(2)12-25-23(30)19-20-22(28-17-10-6-5-9-16(17)27-20)29(21(19)24)26-13-15-8-4-7-11-18(15)31-3/h4-11,13-14H,12,24H2,1-3H3,(H,25,30)/b26-13+. The van der Waals surface area contributed by atoms with Crippen LogP contribution in [0.1, 0.15) is 29.8 Å². The molecule has 0 bridgehead atoms. The number of fused-ring (bicyclic) bond motifs is 2. The summed E-state index contributed by atoms with van der Waals surface area (Å²) in [7, 11) is 1.60. The van der Waals surface area contributed by atoms with Crippen molar-refractivity contribution in [1.29, 1.82) is 0 Å². The minimum absolute atomic E-state index is 0.178. The van der Waals surface area contributed by atoms with E-state index in [0.717, 1.165) is 5.56 Å². The van der Waals surface area contributed by atoms with E-state index < -0.39 is 0 Å². The number of nitrogens with two attached hydrogens (primary N) is 1. The van der Waals surface area contributed by atoms with Gasteiger partial charge in [-0.25, -0.2) is 9.97 Å². The highest BCUT2D eigenvalue weighted by Gasteiger charge is 2.24. The molecule has 0 saturated carbocycles. The molecule has 0 aliphatic carbocycles. The number of hydrogen-bond donors (Lipinski definition) is 2. The van der Waals surface area contributed by atoms with Crippen molar-refractivity contribution in [3.63, 3.8) is 0 Å². The molecule has 0 atom stereocenters. The van der Waals surface area contributed by atoms with E-state index in [0.29, 0.717) is 40.4 Å². The first-order valence-electron chi connectivity index (χ1n) is 10.0. The van der Waals surface area contributed by atoms with Crippen molar-refractivity contribution < 1.29 is 9.53 Å². The Hall–Kier alpha value is -3.94. The lowest BCUT2D eigenvalue weighted by Gasteiger charge is -2.07. The third-order valence-electron chi connectivity index (χ3n) is 4.82. The Labute approximate surface area is 179 Å². The fourth-order valence-electron chi connectivity index (χ4n) is 3.27. The summed E-state index contributed by atoms with van der Waals surface area (Å²) in [6, 6.07) is 15.0.